The highest BCUT2D eigenvalue weighted by Gasteiger charge is 2.20. The highest BCUT2D eigenvalue weighted by molar-refractivity contribution is 5.67. The molecule has 1 aliphatic rings. The Morgan fingerprint density at radius 2 is 2.47 bits per heavy atom. The Hall–Kier alpha value is -0.810. The van der Waals surface area contributed by atoms with Crippen LogP contribution in [0, 0.1) is 0 Å². The number of alkyl carbamates (subject to hydrolysis) is 1. The Bertz CT molecular complexity index is 199. The fourth-order valence-electron chi connectivity index (χ4n) is 1.34. The Labute approximate surface area is 90.7 Å². The number of nitrogens with zero attached hydrogens (tertiary/aromatic N) is 1. The Morgan fingerprint density at radius 3 is 3.13 bits per heavy atom. The van der Waals surface area contributed by atoms with Gasteiger partial charge in [0, 0.05) is 13.1 Å². The number of likely N-dealkylation sites (N-methyl/N-ethyl adjacent to an activating group) is 1. The van der Waals surface area contributed by atoms with Crippen LogP contribution in [0.25, 0.3) is 0 Å². The van der Waals surface area contributed by atoms with E-state index in [1.165, 1.54) is 0 Å². The molecule has 1 amide bonds. The number of amides is 1. The molecule has 0 saturated carbocycles. The molecule has 5 nitrogen and oxygen atoms in total. The minimum Gasteiger partial charge on any atom is -0.418 e. The van der Waals surface area contributed by atoms with Crippen molar-refractivity contribution in [1.82, 2.24) is 10.2 Å². The summed E-state index contributed by atoms with van der Waals surface area (Å²) < 4.78 is 10.4. The summed E-state index contributed by atoms with van der Waals surface area (Å²) in [6, 6.07) is 0. The van der Waals surface area contributed by atoms with Gasteiger partial charge in [-0.15, -0.1) is 0 Å². The van der Waals surface area contributed by atoms with Gasteiger partial charge in [-0.3, -0.25) is 4.90 Å². The minimum absolute atomic E-state index is 0.385. The van der Waals surface area contributed by atoms with Crippen molar-refractivity contribution in [2.75, 3.05) is 33.3 Å². The van der Waals surface area contributed by atoms with Gasteiger partial charge >= 0.3 is 6.09 Å². The zero-order valence-corrected chi connectivity index (χ0v) is 9.49. The summed E-state index contributed by atoms with van der Waals surface area (Å²) in [5.74, 6) is 0. The molecule has 15 heavy (non-hydrogen) atoms. The molecule has 1 atom stereocenters. The van der Waals surface area contributed by atoms with Crippen LogP contribution in [0.2, 0.25) is 0 Å². The second kappa shape index (κ2) is 6.63. The lowest BCUT2D eigenvalue weighted by atomic mass is 10.3. The van der Waals surface area contributed by atoms with E-state index in [1.54, 1.807) is 0 Å². The highest BCUT2D eigenvalue weighted by atomic mass is 16.7. The summed E-state index contributed by atoms with van der Waals surface area (Å²) in [7, 11) is 1.98. The minimum atomic E-state index is -0.426. The molecule has 1 fully saturated rings. The van der Waals surface area contributed by atoms with Gasteiger partial charge in [0.1, 0.15) is 0 Å². The molecule has 0 aliphatic carbocycles. The SMILES string of the molecule is CCCCNC(=O)OC1CN(C)CCO1. The van der Waals surface area contributed by atoms with Crippen molar-refractivity contribution < 1.29 is 14.3 Å². The van der Waals surface area contributed by atoms with E-state index in [0.29, 0.717) is 19.7 Å². The first-order valence-corrected chi connectivity index (χ1v) is 5.47. The maximum atomic E-state index is 11.3. The van der Waals surface area contributed by atoms with Gasteiger partial charge in [-0.25, -0.2) is 4.79 Å². The molecular weight excluding hydrogens is 196 g/mol. The zero-order valence-electron chi connectivity index (χ0n) is 9.49. The fraction of sp³-hybridized carbons (Fsp3) is 0.900. The average Bonchev–Trinajstić information content (AvgIpc) is 2.18. The molecule has 1 rings (SSSR count). The van der Waals surface area contributed by atoms with Crippen LogP contribution in [0.5, 0.6) is 0 Å². The van der Waals surface area contributed by atoms with E-state index in [1.807, 2.05) is 7.05 Å². The smallest absolute Gasteiger partial charge is 0.409 e. The van der Waals surface area contributed by atoms with Gasteiger partial charge < -0.3 is 14.8 Å². The van der Waals surface area contributed by atoms with Crippen LogP contribution in [0.1, 0.15) is 19.8 Å². The monoisotopic (exact) mass is 216 g/mol. The normalized spacial score (nSPS) is 22.4. The van der Waals surface area contributed by atoms with Gasteiger partial charge in [0.05, 0.1) is 13.2 Å². The number of carbonyl (C=O) groups is 1. The standard InChI is InChI=1S/C10H20N2O3/c1-3-4-5-11-10(13)15-9-8-12(2)6-7-14-9/h9H,3-8H2,1-2H3,(H,11,13). The number of ether oxygens (including phenoxy) is 2. The summed E-state index contributed by atoms with van der Waals surface area (Å²) in [4.78, 5) is 13.3. The summed E-state index contributed by atoms with van der Waals surface area (Å²) in [6.45, 7) is 4.88. The van der Waals surface area contributed by atoms with Crippen molar-refractivity contribution in [3.63, 3.8) is 0 Å². The van der Waals surface area contributed by atoms with Gasteiger partial charge in [0.15, 0.2) is 0 Å². The van der Waals surface area contributed by atoms with Gasteiger partial charge in [-0.05, 0) is 13.5 Å². The van der Waals surface area contributed by atoms with E-state index in [9.17, 15) is 4.79 Å². The maximum absolute atomic E-state index is 11.3. The van der Waals surface area contributed by atoms with E-state index in [-0.39, 0.29) is 6.09 Å². The number of hydrogen-bond acceptors (Lipinski definition) is 4. The van der Waals surface area contributed by atoms with Gasteiger partial charge in [0.25, 0.3) is 0 Å². The summed E-state index contributed by atoms with van der Waals surface area (Å²) >= 11 is 0. The number of nitrogens with one attached hydrogen (secondary N) is 1. The lowest BCUT2D eigenvalue weighted by Gasteiger charge is -2.29. The van der Waals surface area contributed by atoms with Crippen molar-refractivity contribution in [2.45, 2.75) is 26.1 Å². The van der Waals surface area contributed by atoms with E-state index in [0.717, 1.165) is 19.4 Å². The fourth-order valence-corrected chi connectivity index (χ4v) is 1.34. The molecule has 0 aromatic rings. The van der Waals surface area contributed by atoms with Gasteiger partial charge in [-0.2, -0.15) is 0 Å². The number of unbranched alkanes of at least 4 members (excludes halogenated alkanes) is 1. The van der Waals surface area contributed by atoms with E-state index in [2.05, 4.69) is 17.1 Å². The topological polar surface area (TPSA) is 50.8 Å². The van der Waals surface area contributed by atoms with Crippen molar-refractivity contribution in [2.24, 2.45) is 0 Å². The second-order valence-corrected chi connectivity index (χ2v) is 3.75. The van der Waals surface area contributed by atoms with Crippen LogP contribution >= 0.6 is 0 Å². The van der Waals surface area contributed by atoms with Crippen molar-refractivity contribution in [3.05, 3.63) is 0 Å². The first-order valence-electron chi connectivity index (χ1n) is 5.47. The Morgan fingerprint density at radius 1 is 1.67 bits per heavy atom. The van der Waals surface area contributed by atoms with E-state index in [4.69, 9.17) is 9.47 Å². The van der Waals surface area contributed by atoms with Gasteiger partial charge in [0.2, 0.25) is 6.29 Å². The molecule has 0 bridgehead atoms. The summed E-state index contributed by atoms with van der Waals surface area (Å²) in [6.07, 6.45) is 1.22. The molecule has 1 unspecified atom stereocenters. The number of hydrogen-bond donors (Lipinski definition) is 1. The predicted molar refractivity (Wildman–Crippen MR) is 56.6 cm³/mol. The third-order valence-electron chi connectivity index (χ3n) is 2.28. The first-order chi connectivity index (χ1) is 7.22. The van der Waals surface area contributed by atoms with Gasteiger partial charge in [-0.1, -0.05) is 13.3 Å². The lowest BCUT2D eigenvalue weighted by Crippen LogP contribution is -2.43. The Balaban J connectivity index is 2.13. The molecule has 1 heterocycles. The molecule has 0 spiro atoms. The van der Waals surface area contributed by atoms with Crippen LogP contribution in [-0.4, -0.2) is 50.6 Å². The van der Waals surface area contributed by atoms with Crippen LogP contribution in [-0.2, 0) is 9.47 Å². The number of rotatable bonds is 4. The predicted octanol–water partition coefficient (Wildman–Crippen LogP) is 0.801. The number of carbonyl (C=O) groups excluding carboxylic acids is 1. The maximum Gasteiger partial charge on any atom is 0.409 e. The molecule has 1 N–H and O–H groups in total. The molecule has 0 radical (unpaired) electrons. The van der Waals surface area contributed by atoms with Crippen LogP contribution in [0.15, 0.2) is 0 Å². The first kappa shape index (κ1) is 12.3. The van der Waals surface area contributed by atoms with E-state index < -0.39 is 6.29 Å². The second-order valence-electron chi connectivity index (χ2n) is 3.75. The molecule has 0 aromatic heterocycles. The Kier molecular flexibility index (Phi) is 5.42. The molecule has 0 aromatic carbocycles. The van der Waals surface area contributed by atoms with Crippen molar-refractivity contribution >= 4 is 6.09 Å². The lowest BCUT2D eigenvalue weighted by molar-refractivity contribution is -0.143. The van der Waals surface area contributed by atoms with Crippen molar-refractivity contribution in [1.29, 1.82) is 0 Å². The molecule has 5 heteroatoms. The molecule has 88 valence electrons. The average molecular weight is 216 g/mol. The number of morpholine rings is 1. The molecule has 1 aliphatic heterocycles. The summed E-state index contributed by atoms with van der Waals surface area (Å²) in [5, 5.41) is 2.69. The van der Waals surface area contributed by atoms with Crippen molar-refractivity contribution in [3.8, 4) is 0 Å². The van der Waals surface area contributed by atoms with Crippen LogP contribution in [0.4, 0.5) is 4.79 Å². The molecular formula is C10H20N2O3. The molecule has 1 saturated heterocycles. The quantitative estimate of drug-likeness (QED) is 0.706. The van der Waals surface area contributed by atoms with Crippen LogP contribution in [0.3, 0.4) is 0 Å². The summed E-state index contributed by atoms with van der Waals surface area (Å²) in [5.41, 5.74) is 0. The largest absolute Gasteiger partial charge is 0.418 e. The third kappa shape index (κ3) is 4.99. The van der Waals surface area contributed by atoms with E-state index >= 15 is 0 Å². The van der Waals surface area contributed by atoms with Crippen LogP contribution < -0.4 is 5.32 Å². The third-order valence-corrected chi connectivity index (χ3v) is 2.28. The zero-order chi connectivity index (χ0) is 11.1. The highest BCUT2D eigenvalue weighted by Crippen LogP contribution is 2.04.